The van der Waals surface area contributed by atoms with Gasteiger partial charge in [-0.15, -0.1) is 0 Å². The standard InChI is InChI=1S/C11H10F2O2.C4H8F2.CH2O/c12-8-4-5-9(15-6-14)10(11(8)13)7-2-1-3-7;1-3-4(2,5)6;1-2/h4-7H,1-3H2;3H2,1-2H3;1H2. The lowest BCUT2D eigenvalue weighted by atomic mass is 9.79. The third-order valence-corrected chi connectivity index (χ3v) is 3.40. The van der Waals surface area contributed by atoms with E-state index in [0.717, 1.165) is 32.3 Å². The van der Waals surface area contributed by atoms with Crippen molar-refractivity contribution >= 4 is 13.3 Å². The van der Waals surface area contributed by atoms with E-state index in [1.165, 1.54) is 13.0 Å². The topological polar surface area (TPSA) is 43.4 Å². The molecule has 2 rings (SSSR count). The summed E-state index contributed by atoms with van der Waals surface area (Å²) >= 11 is 0. The SMILES string of the molecule is C=O.CCC(C)(F)F.O=COc1ccc(F)c(F)c1C1CCC1. The second kappa shape index (κ2) is 9.97. The fourth-order valence-corrected chi connectivity index (χ4v) is 1.78. The molecule has 0 aliphatic heterocycles. The lowest BCUT2D eigenvalue weighted by Crippen LogP contribution is -2.13. The fourth-order valence-electron chi connectivity index (χ4n) is 1.78. The van der Waals surface area contributed by atoms with Crippen LogP contribution < -0.4 is 4.74 Å². The zero-order valence-corrected chi connectivity index (χ0v) is 13.1. The van der Waals surface area contributed by atoms with Crippen molar-refractivity contribution in [1.82, 2.24) is 0 Å². The number of hydrogen-bond acceptors (Lipinski definition) is 3. The van der Waals surface area contributed by atoms with Crippen molar-refractivity contribution in [2.45, 2.75) is 51.4 Å². The molecule has 1 saturated carbocycles. The summed E-state index contributed by atoms with van der Waals surface area (Å²) in [6.45, 7) is 4.60. The van der Waals surface area contributed by atoms with Gasteiger partial charge in [0, 0.05) is 12.0 Å². The minimum absolute atomic E-state index is 0.0179. The van der Waals surface area contributed by atoms with Gasteiger partial charge in [0.2, 0.25) is 5.92 Å². The molecule has 130 valence electrons. The zero-order chi connectivity index (χ0) is 18.0. The van der Waals surface area contributed by atoms with Crippen LogP contribution in [0.4, 0.5) is 17.6 Å². The Hall–Kier alpha value is -1.92. The molecule has 0 bridgehead atoms. The lowest BCUT2D eigenvalue weighted by Gasteiger charge is -2.27. The van der Waals surface area contributed by atoms with Crippen LogP contribution in [-0.4, -0.2) is 19.2 Å². The van der Waals surface area contributed by atoms with E-state index >= 15 is 0 Å². The molecule has 1 aliphatic rings. The van der Waals surface area contributed by atoms with Crippen molar-refractivity contribution in [3.8, 4) is 5.75 Å². The summed E-state index contributed by atoms with van der Waals surface area (Å²) in [5, 5.41) is 0. The van der Waals surface area contributed by atoms with Crippen LogP contribution in [0.5, 0.6) is 5.75 Å². The maximum Gasteiger partial charge on any atom is 0.298 e. The van der Waals surface area contributed by atoms with Crippen LogP contribution in [0.3, 0.4) is 0 Å². The first kappa shape index (κ1) is 21.1. The Balaban J connectivity index is 0.000000515. The number of carbonyl (C=O) groups excluding carboxylic acids is 2. The Morgan fingerprint density at radius 1 is 1.30 bits per heavy atom. The highest BCUT2D eigenvalue weighted by atomic mass is 19.3. The van der Waals surface area contributed by atoms with Crippen LogP contribution in [0.15, 0.2) is 12.1 Å². The molecule has 0 aromatic heterocycles. The van der Waals surface area contributed by atoms with Crippen LogP contribution in [0.1, 0.15) is 51.0 Å². The van der Waals surface area contributed by atoms with Gasteiger partial charge in [0.15, 0.2) is 11.6 Å². The molecule has 1 fully saturated rings. The largest absolute Gasteiger partial charge is 0.428 e. The van der Waals surface area contributed by atoms with Gasteiger partial charge >= 0.3 is 0 Å². The predicted octanol–water partition coefficient (Wildman–Crippen LogP) is 4.63. The number of rotatable bonds is 4. The maximum absolute atomic E-state index is 13.5. The summed E-state index contributed by atoms with van der Waals surface area (Å²) in [6.07, 6.45) is 2.57. The molecule has 0 radical (unpaired) electrons. The Bertz CT molecular complexity index is 497. The number of hydrogen-bond donors (Lipinski definition) is 0. The zero-order valence-electron chi connectivity index (χ0n) is 13.1. The van der Waals surface area contributed by atoms with Crippen molar-refractivity contribution in [3.63, 3.8) is 0 Å². The van der Waals surface area contributed by atoms with Gasteiger partial charge < -0.3 is 9.53 Å². The van der Waals surface area contributed by atoms with Crippen LogP contribution in [0, 0.1) is 11.6 Å². The van der Waals surface area contributed by atoms with Crippen molar-refractivity contribution in [2.24, 2.45) is 0 Å². The van der Waals surface area contributed by atoms with E-state index in [9.17, 15) is 22.4 Å². The molecule has 0 atom stereocenters. The second-order valence-corrected chi connectivity index (χ2v) is 5.04. The molecule has 1 aliphatic carbocycles. The van der Waals surface area contributed by atoms with Gasteiger partial charge in [0.1, 0.15) is 12.5 Å². The van der Waals surface area contributed by atoms with E-state index in [1.807, 2.05) is 6.79 Å². The molecule has 0 N–H and O–H groups in total. The minimum atomic E-state index is -2.46. The highest BCUT2D eigenvalue weighted by molar-refractivity contribution is 5.49. The van der Waals surface area contributed by atoms with Crippen LogP contribution >= 0.6 is 0 Å². The average molecular weight is 336 g/mol. The minimum Gasteiger partial charge on any atom is -0.428 e. The van der Waals surface area contributed by atoms with Crippen LogP contribution in [0.25, 0.3) is 0 Å². The van der Waals surface area contributed by atoms with Gasteiger partial charge in [-0.3, -0.25) is 4.79 Å². The Morgan fingerprint density at radius 2 is 1.83 bits per heavy atom. The van der Waals surface area contributed by atoms with Gasteiger partial charge in [0.25, 0.3) is 6.47 Å². The number of benzene rings is 1. The predicted molar refractivity (Wildman–Crippen MR) is 77.7 cm³/mol. The molecule has 0 unspecified atom stereocenters. The first-order valence-electron chi connectivity index (χ1n) is 7.05. The van der Waals surface area contributed by atoms with E-state index in [4.69, 9.17) is 4.79 Å². The van der Waals surface area contributed by atoms with E-state index in [1.54, 1.807) is 0 Å². The molecule has 23 heavy (non-hydrogen) atoms. The molecule has 1 aromatic carbocycles. The average Bonchev–Trinajstić information content (AvgIpc) is 2.47. The summed E-state index contributed by atoms with van der Waals surface area (Å²) < 4.78 is 54.0. The van der Waals surface area contributed by atoms with Gasteiger partial charge in [-0.2, -0.15) is 0 Å². The maximum atomic E-state index is 13.5. The fraction of sp³-hybridized carbons (Fsp3) is 0.500. The molecule has 0 heterocycles. The molecular weight excluding hydrogens is 316 g/mol. The van der Waals surface area contributed by atoms with Crippen molar-refractivity contribution in [3.05, 3.63) is 29.3 Å². The molecule has 0 saturated heterocycles. The summed E-state index contributed by atoms with van der Waals surface area (Å²) in [4.78, 5) is 18.2. The van der Waals surface area contributed by atoms with Crippen LogP contribution in [-0.2, 0) is 9.59 Å². The smallest absolute Gasteiger partial charge is 0.298 e. The highest BCUT2D eigenvalue weighted by Gasteiger charge is 2.28. The molecule has 0 amide bonds. The van der Waals surface area contributed by atoms with Crippen molar-refractivity contribution in [2.75, 3.05) is 0 Å². The van der Waals surface area contributed by atoms with Gasteiger partial charge in [-0.25, -0.2) is 17.6 Å². The molecule has 7 heteroatoms. The van der Waals surface area contributed by atoms with Crippen molar-refractivity contribution in [1.29, 1.82) is 0 Å². The quantitative estimate of drug-likeness (QED) is 0.594. The lowest BCUT2D eigenvalue weighted by molar-refractivity contribution is -0.120. The van der Waals surface area contributed by atoms with Gasteiger partial charge in [0.05, 0.1) is 0 Å². The van der Waals surface area contributed by atoms with E-state index < -0.39 is 17.6 Å². The monoisotopic (exact) mass is 336 g/mol. The van der Waals surface area contributed by atoms with Crippen molar-refractivity contribution < 1.29 is 31.9 Å². The second-order valence-electron chi connectivity index (χ2n) is 5.04. The number of ether oxygens (including phenoxy) is 1. The van der Waals surface area contributed by atoms with Gasteiger partial charge in [-0.05, 0) is 37.8 Å². The summed E-state index contributed by atoms with van der Waals surface area (Å²) in [5.41, 5.74) is 0.202. The normalized spacial score (nSPS) is 13.7. The summed E-state index contributed by atoms with van der Waals surface area (Å²) in [7, 11) is 0. The van der Waals surface area contributed by atoms with Crippen LogP contribution in [0.2, 0.25) is 0 Å². The molecular formula is C16H20F4O3. The Morgan fingerprint density at radius 3 is 2.17 bits per heavy atom. The highest BCUT2D eigenvalue weighted by Crippen LogP contribution is 2.42. The Labute approximate surface area is 132 Å². The molecule has 1 aromatic rings. The number of halogens is 4. The third kappa shape index (κ3) is 6.80. The first-order valence-corrected chi connectivity index (χ1v) is 7.05. The van der Waals surface area contributed by atoms with E-state index in [-0.39, 0.29) is 30.1 Å². The first-order chi connectivity index (χ1) is 10.8. The number of carbonyl (C=O) groups is 2. The third-order valence-electron chi connectivity index (χ3n) is 3.40. The molecule has 3 nitrogen and oxygen atoms in total. The summed E-state index contributed by atoms with van der Waals surface area (Å²) in [5.74, 6) is -4.13. The van der Waals surface area contributed by atoms with E-state index in [0.29, 0.717) is 0 Å². The molecule has 0 spiro atoms. The van der Waals surface area contributed by atoms with Gasteiger partial charge in [-0.1, -0.05) is 13.3 Å². The van der Waals surface area contributed by atoms with E-state index in [2.05, 4.69) is 4.74 Å². The summed E-state index contributed by atoms with van der Waals surface area (Å²) in [6, 6.07) is 2.26. The number of alkyl halides is 2. The Kier molecular flexibility index (Phi) is 9.14.